The molecule has 0 aliphatic heterocycles. The maximum absolute atomic E-state index is 12.2. The zero-order chi connectivity index (χ0) is 16.7. The third kappa shape index (κ3) is 5.47. The van der Waals surface area contributed by atoms with Gasteiger partial charge in [-0.3, -0.25) is 4.79 Å². The minimum Gasteiger partial charge on any atom is -0.389 e. The van der Waals surface area contributed by atoms with Crippen molar-refractivity contribution in [2.24, 2.45) is 0 Å². The third-order valence-corrected chi connectivity index (χ3v) is 3.36. The number of aromatic nitrogens is 1. The van der Waals surface area contributed by atoms with Crippen molar-refractivity contribution in [3.8, 4) is 0 Å². The molecule has 1 aromatic carbocycles. The van der Waals surface area contributed by atoms with Crippen LogP contribution in [0.15, 0.2) is 48.5 Å². The molecular formula is C18H22N2O3. The molecule has 2 rings (SSSR count). The minimum absolute atomic E-state index is 0.174. The highest BCUT2D eigenvalue weighted by Gasteiger charge is 2.16. The van der Waals surface area contributed by atoms with Crippen LogP contribution in [0.3, 0.4) is 0 Å². The molecule has 1 heterocycles. The van der Waals surface area contributed by atoms with Crippen LogP contribution >= 0.6 is 0 Å². The van der Waals surface area contributed by atoms with Crippen molar-refractivity contribution in [3.05, 3.63) is 65.5 Å². The van der Waals surface area contributed by atoms with Crippen LogP contribution in [0.2, 0.25) is 0 Å². The fourth-order valence-corrected chi connectivity index (χ4v) is 2.20. The number of benzene rings is 1. The number of ether oxygens (including phenoxy) is 1. The molecule has 2 aromatic rings. The van der Waals surface area contributed by atoms with Gasteiger partial charge in [-0.25, -0.2) is 4.98 Å². The molecule has 0 aliphatic rings. The Bertz CT molecular complexity index is 631. The Balaban J connectivity index is 1.78. The summed E-state index contributed by atoms with van der Waals surface area (Å²) in [5.74, 6) is -0.212. The Morgan fingerprint density at radius 2 is 1.96 bits per heavy atom. The van der Waals surface area contributed by atoms with E-state index in [0.717, 1.165) is 11.3 Å². The van der Waals surface area contributed by atoms with Crippen molar-refractivity contribution in [1.82, 2.24) is 9.88 Å². The number of rotatable bonds is 7. The largest absolute Gasteiger partial charge is 0.389 e. The van der Waals surface area contributed by atoms with Crippen LogP contribution < -0.4 is 0 Å². The quantitative estimate of drug-likeness (QED) is 0.849. The third-order valence-electron chi connectivity index (χ3n) is 3.36. The van der Waals surface area contributed by atoms with E-state index in [1.54, 1.807) is 19.2 Å². The average Bonchev–Trinajstić information content (AvgIpc) is 2.55. The maximum Gasteiger partial charge on any atom is 0.272 e. The first kappa shape index (κ1) is 17.1. The molecule has 0 aliphatic carbocycles. The number of amides is 1. The summed E-state index contributed by atoms with van der Waals surface area (Å²) in [6.07, 6.45) is -0.738. The second-order valence-corrected chi connectivity index (χ2v) is 5.50. The Morgan fingerprint density at radius 1 is 1.22 bits per heavy atom. The van der Waals surface area contributed by atoms with Gasteiger partial charge in [0.2, 0.25) is 0 Å². The van der Waals surface area contributed by atoms with E-state index in [-0.39, 0.29) is 19.1 Å². The van der Waals surface area contributed by atoms with E-state index >= 15 is 0 Å². The summed E-state index contributed by atoms with van der Waals surface area (Å²) in [6, 6.07) is 15.1. The van der Waals surface area contributed by atoms with Gasteiger partial charge in [0.1, 0.15) is 5.69 Å². The number of likely N-dealkylation sites (N-methyl/N-ethyl adjacent to an activating group) is 1. The molecule has 1 unspecified atom stereocenters. The lowest BCUT2D eigenvalue weighted by molar-refractivity contribution is 0.0136. The molecule has 0 saturated carbocycles. The molecule has 0 radical (unpaired) electrons. The summed E-state index contributed by atoms with van der Waals surface area (Å²) < 4.78 is 5.48. The Kier molecular flexibility index (Phi) is 6.26. The molecule has 5 nitrogen and oxygen atoms in total. The van der Waals surface area contributed by atoms with Gasteiger partial charge in [0.25, 0.3) is 5.91 Å². The van der Waals surface area contributed by atoms with E-state index in [2.05, 4.69) is 4.98 Å². The van der Waals surface area contributed by atoms with Crippen LogP contribution in [-0.2, 0) is 11.3 Å². The maximum atomic E-state index is 12.2. The van der Waals surface area contributed by atoms with E-state index in [1.165, 1.54) is 4.90 Å². The van der Waals surface area contributed by atoms with Crippen molar-refractivity contribution < 1.29 is 14.6 Å². The molecule has 1 amide bonds. The van der Waals surface area contributed by atoms with E-state index in [1.807, 2.05) is 43.3 Å². The molecule has 0 fully saturated rings. The second kappa shape index (κ2) is 8.41. The lowest BCUT2D eigenvalue weighted by Gasteiger charge is -2.20. The number of hydrogen-bond acceptors (Lipinski definition) is 4. The van der Waals surface area contributed by atoms with Gasteiger partial charge in [0.05, 0.1) is 19.3 Å². The van der Waals surface area contributed by atoms with Crippen LogP contribution in [-0.4, -0.2) is 47.2 Å². The van der Waals surface area contributed by atoms with E-state index in [4.69, 9.17) is 4.74 Å². The Morgan fingerprint density at radius 3 is 2.65 bits per heavy atom. The van der Waals surface area contributed by atoms with Gasteiger partial charge in [-0.15, -0.1) is 0 Å². The molecule has 1 aromatic heterocycles. The smallest absolute Gasteiger partial charge is 0.272 e. The van der Waals surface area contributed by atoms with Gasteiger partial charge >= 0.3 is 0 Å². The highest BCUT2D eigenvalue weighted by atomic mass is 16.5. The lowest BCUT2D eigenvalue weighted by atomic mass is 10.2. The van der Waals surface area contributed by atoms with E-state index in [0.29, 0.717) is 12.3 Å². The van der Waals surface area contributed by atoms with Crippen LogP contribution in [0.4, 0.5) is 0 Å². The Labute approximate surface area is 136 Å². The van der Waals surface area contributed by atoms with Gasteiger partial charge in [-0.2, -0.15) is 0 Å². The van der Waals surface area contributed by atoms with Crippen LogP contribution in [0.25, 0.3) is 0 Å². The van der Waals surface area contributed by atoms with Crippen molar-refractivity contribution in [1.29, 1.82) is 0 Å². The number of carbonyl (C=O) groups excluding carboxylic acids is 1. The van der Waals surface area contributed by atoms with Crippen LogP contribution in [0.1, 0.15) is 21.7 Å². The summed E-state index contributed by atoms with van der Waals surface area (Å²) in [5.41, 5.74) is 2.22. The zero-order valence-electron chi connectivity index (χ0n) is 13.5. The van der Waals surface area contributed by atoms with Gasteiger partial charge in [0, 0.05) is 19.3 Å². The molecule has 5 heteroatoms. The predicted octanol–water partition coefficient (Wildman–Crippen LogP) is 2.04. The zero-order valence-corrected chi connectivity index (χ0v) is 13.5. The van der Waals surface area contributed by atoms with Gasteiger partial charge in [0.15, 0.2) is 0 Å². The number of aliphatic hydroxyl groups excluding tert-OH is 1. The number of carbonyl (C=O) groups is 1. The molecule has 0 saturated heterocycles. The summed E-state index contributed by atoms with van der Waals surface area (Å²) in [6.45, 7) is 2.65. The van der Waals surface area contributed by atoms with Crippen LogP contribution in [0.5, 0.6) is 0 Å². The number of aliphatic hydroxyl groups is 1. The first-order chi connectivity index (χ1) is 11.1. The topological polar surface area (TPSA) is 62.7 Å². The lowest BCUT2D eigenvalue weighted by Crippen LogP contribution is -2.36. The minimum atomic E-state index is -0.738. The molecular weight excluding hydrogens is 292 g/mol. The van der Waals surface area contributed by atoms with E-state index < -0.39 is 6.10 Å². The molecule has 122 valence electrons. The number of nitrogens with zero attached hydrogens (tertiary/aromatic N) is 2. The fraction of sp³-hybridized carbons (Fsp3) is 0.333. The summed E-state index contributed by atoms with van der Waals surface area (Å²) in [7, 11) is 1.65. The summed E-state index contributed by atoms with van der Waals surface area (Å²) in [4.78, 5) is 17.9. The van der Waals surface area contributed by atoms with E-state index in [9.17, 15) is 9.90 Å². The second-order valence-electron chi connectivity index (χ2n) is 5.50. The molecule has 0 bridgehead atoms. The number of pyridine rings is 1. The summed E-state index contributed by atoms with van der Waals surface area (Å²) in [5, 5.41) is 10.0. The van der Waals surface area contributed by atoms with Crippen molar-refractivity contribution >= 4 is 5.91 Å². The standard InChI is InChI=1S/C18H22N2O3/c1-14-7-6-10-17(19-14)18(22)20(2)11-16(21)13-23-12-15-8-4-3-5-9-15/h3-10,16,21H,11-13H2,1-2H3. The highest BCUT2D eigenvalue weighted by molar-refractivity contribution is 5.92. The SMILES string of the molecule is Cc1cccc(C(=O)N(C)CC(O)COCc2ccccc2)n1. The molecule has 0 spiro atoms. The molecule has 1 N–H and O–H groups in total. The van der Waals surface area contributed by atoms with Crippen molar-refractivity contribution in [2.75, 3.05) is 20.2 Å². The van der Waals surface area contributed by atoms with Gasteiger partial charge in [-0.1, -0.05) is 36.4 Å². The van der Waals surface area contributed by atoms with Gasteiger partial charge < -0.3 is 14.7 Å². The number of aryl methyl sites for hydroxylation is 1. The van der Waals surface area contributed by atoms with Crippen molar-refractivity contribution in [2.45, 2.75) is 19.6 Å². The Hall–Kier alpha value is -2.24. The number of hydrogen-bond donors (Lipinski definition) is 1. The van der Waals surface area contributed by atoms with Crippen molar-refractivity contribution in [3.63, 3.8) is 0 Å². The summed E-state index contributed by atoms with van der Waals surface area (Å²) >= 11 is 0. The fourth-order valence-electron chi connectivity index (χ4n) is 2.20. The van der Waals surface area contributed by atoms with Gasteiger partial charge in [-0.05, 0) is 24.6 Å². The molecule has 23 heavy (non-hydrogen) atoms. The van der Waals surface area contributed by atoms with Crippen LogP contribution in [0, 0.1) is 6.92 Å². The molecule has 1 atom stereocenters. The average molecular weight is 314 g/mol. The highest BCUT2D eigenvalue weighted by Crippen LogP contribution is 2.04. The first-order valence-corrected chi connectivity index (χ1v) is 7.55. The normalized spacial score (nSPS) is 12.0. The monoisotopic (exact) mass is 314 g/mol. The first-order valence-electron chi connectivity index (χ1n) is 7.55. The predicted molar refractivity (Wildman–Crippen MR) is 88.0 cm³/mol.